The van der Waals surface area contributed by atoms with Gasteiger partial charge in [0, 0.05) is 6.07 Å². The molecule has 0 saturated heterocycles. The van der Waals surface area contributed by atoms with Gasteiger partial charge in [0.1, 0.15) is 11.6 Å². The molecule has 8 nitrogen and oxygen atoms in total. The molecule has 0 amide bonds. The first kappa shape index (κ1) is 12.1. The second-order valence-electron chi connectivity index (χ2n) is 3.52. The molecule has 18 heavy (non-hydrogen) atoms. The number of rotatable bonds is 4. The number of nitro groups is 1. The summed E-state index contributed by atoms with van der Waals surface area (Å²) < 4.78 is 4.84. The minimum absolute atomic E-state index is 0.0330. The molecule has 1 aromatic heterocycles. The van der Waals surface area contributed by atoms with Crippen LogP contribution in [0.4, 0.5) is 5.69 Å². The zero-order valence-corrected chi connectivity index (χ0v) is 9.18. The van der Waals surface area contributed by atoms with Crippen LogP contribution in [0.1, 0.15) is 11.9 Å². The van der Waals surface area contributed by atoms with Crippen LogP contribution in [0.3, 0.4) is 0 Å². The Morgan fingerprint density at radius 3 is 2.89 bits per heavy atom. The molecule has 0 spiro atoms. The first-order valence-electron chi connectivity index (χ1n) is 5.07. The minimum atomic E-state index is -0.797. The second kappa shape index (κ2) is 4.90. The smallest absolute Gasteiger partial charge is 0.280 e. The molecule has 8 heteroatoms. The molecule has 2 aromatic rings. The predicted octanol–water partition coefficient (Wildman–Crippen LogP) is 0.637. The lowest BCUT2D eigenvalue weighted by Crippen LogP contribution is -2.14. The predicted molar refractivity (Wildman–Crippen MR) is 60.4 cm³/mol. The van der Waals surface area contributed by atoms with Crippen LogP contribution in [-0.2, 0) is 0 Å². The third kappa shape index (κ3) is 2.19. The first-order valence-corrected chi connectivity index (χ1v) is 5.07. The summed E-state index contributed by atoms with van der Waals surface area (Å²) in [6, 6.07) is 5.23. The fourth-order valence-electron chi connectivity index (χ4n) is 1.40. The molecule has 0 saturated carbocycles. The van der Waals surface area contributed by atoms with Crippen molar-refractivity contribution in [2.75, 3.05) is 6.61 Å². The summed E-state index contributed by atoms with van der Waals surface area (Å²) in [7, 11) is 0. The highest BCUT2D eigenvalue weighted by atomic mass is 16.6. The molecule has 0 fully saturated rings. The van der Waals surface area contributed by atoms with E-state index in [0.717, 1.165) is 0 Å². The highest BCUT2D eigenvalue weighted by Crippen LogP contribution is 2.27. The molecule has 1 heterocycles. The van der Waals surface area contributed by atoms with Crippen LogP contribution >= 0.6 is 0 Å². The molecule has 0 aliphatic rings. The summed E-state index contributed by atoms with van der Waals surface area (Å²) >= 11 is 0. The number of benzene rings is 1. The number of aromatic nitrogens is 2. The molecule has 0 radical (unpaired) electrons. The first-order chi connectivity index (χ1) is 8.63. The Balaban J connectivity index is 2.43. The third-order valence-electron chi connectivity index (χ3n) is 2.30. The fraction of sp³-hybridized carbons (Fsp3) is 0.200. The maximum absolute atomic E-state index is 10.8. The monoisotopic (exact) mass is 250 g/mol. The van der Waals surface area contributed by atoms with Gasteiger partial charge in [0.05, 0.1) is 11.5 Å². The summed E-state index contributed by atoms with van der Waals surface area (Å²) in [6.45, 7) is -0.349. The maximum Gasteiger partial charge on any atom is 0.280 e. The Bertz CT molecular complexity index is 569. The van der Waals surface area contributed by atoms with E-state index in [0.29, 0.717) is 0 Å². The van der Waals surface area contributed by atoms with E-state index in [9.17, 15) is 10.1 Å². The van der Waals surface area contributed by atoms with E-state index in [1.165, 1.54) is 12.1 Å². The average Bonchev–Trinajstić information content (AvgIpc) is 2.87. The zero-order valence-electron chi connectivity index (χ0n) is 9.18. The Hall–Kier alpha value is -2.32. The molecule has 0 aliphatic carbocycles. The molecule has 1 aromatic carbocycles. The van der Waals surface area contributed by atoms with Gasteiger partial charge in [-0.1, -0.05) is 17.3 Å². The van der Waals surface area contributed by atoms with Crippen LogP contribution in [0.2, 0.25) is 0 Å². The quantitative estimate of drug-likeness (QED) is 0.601. The van der Waals surface area contributed by atoms with E-state index in [2.05, 4.69) is 10.1 Å². The van der Waals surface area contributed by atoms with Crippen LogP contribution < -0.4 is 5.73 Å². The molecular formula is C10H10N4O4. The molecule has 0 aliphatic heterocycles. The number of hydrogen-bond acceptors (Lipinski definition) is 7. The Morgan fingerprint density at radius 2 is 2.22 bits per heavy atom. The van der Waals surface area contributed by atoms with Gasteiger partial charge in [0.2, 0.25) is 11.7 Å². The molecule has 3 N–H and O–H groups in total. The normalized spacial score (nSPS) is 12.3. The second-order valence-corrected chi connectivity index (χ2v) is 3.52. The number of nitrogens with two attached hydrogens (primary N) is 1. The van der Waals surface area contributed by atoms with Gasteiger partial charge >= 0.3 is 0 Å². The van der Waals surface area contributed by atoms with E-state index in [4.69, 9.17) is 15.4 Å². The average molecular weight is 250 g/mol. The van der Waals surface area contributed by atoms with Gasteiger partial charge in [-0.2, -0.15) is 4.98 Å². The maximum atomic E-state index is 10.8. The Kier molecular flexibility index (Phi) is 3.31. The van der Waals surface area contributed by atoms with Gasteiger partial charge in [0.15, 0.2) is 0 Å². The van der Waals surface area contributed by atoms with E-state index >= 15 is 0 Å². The lowest BCUT2D eigenvalue weighted by Gasteiger charge is -1.99. The standard InChI is InChI=1S/C10H10N4O4/c11-7(5-15)10-12-9(13-18-10)6-3-1-2-4-8(6)14(16)17/h1-4,7,15H,5,11H2. The van der Waals surface area contributed by atoms with Crippen LogP contribution in [-0.4, -0.2) is 26.8 Å². The van der Waals surface area contributed by atoms with Crippen molar-refractivity contribution in [3.63, 3.8) is 0 Å². The van der Waals surface area contributed by atoms with Crippen LogP contribution in [0, 0.1) is 10.1 Å². The van der Waals surface area contributed by atoms with Gasteiger partial charge < -0.3 is 15.4 Å². The van der Waals surface area contributed by atoms with Gasteiger partial charge in [-0.3, -0.25) is 10.1 Å². The van der Waals surface area contributed by atoms with Crippen LogP contribution in [0.5, 0.6) is 0 Å². The van der Waals surface area contributed by atoms with Crippen molar-refractivity contribution in [2.45, 2.75) is 6.04 Å². The number of nitro benzene ring substituents is 1. The minimum Gasteiger partial charge on any atom is -0.394 e. The van der Waals surface area contributed by atoms with E-state index in [1.807, 2.05) is 0 Å². The van der Waals surface area contributed by atoms with Gasteiger partial charge in [-0.25, -0.2) is 0 Å². The van der Waals surface area contributed by atoms with Crippen LogP contribution in [0.15, 0.2) is 28.8 Å². The van der Waals surface area contributed by atoms with Crippen molar-refractivity contribution in [3.8, 4) is 11.4 Å². The van der Waals surface area contributed by atoms with Crippen molar-refractivity contribution in [3.05, 3.63) is 40.3 Å². The molecule has 1 unspecified atom stereocenters. The van der Waals surface area contributed by atoms with Gasteiger partial charge in [0.25, 0.3) is 5.69 Å². The summed E-state index contributed by atoms with van der Waals surface area (Å²) in [4.78, 5) is 14.2. The lowest BCUT2D eigenvalue weighted by atomic mass is 10.2. The largest absolute Gasteiger partial charge is 0.394 e. The summed E-state index contributed by atoms with van der Waals surface area (Å²) in [5, 5.41) is 23.3. The van der Waals surface area contributed by atoms with Crippen molar-refractivity contribution in [1.82, 2.24) is 10.1 Å². The van der Waals surface area contributed by atoms with Crippen molar-refractivity contribution >= 4 is 5.69 Å². The fourth-order valence-corrected chi connectivity index (χ4v) is 1.40. The summed E-state index contributed by atoms with van der Waals surface area (Å²) in [5.74, 6) is 0.104. The third-order valence-corrected chi connectivity index (χ3v) is 2.30. The summed E-state index contributed by atoms with van der Waals surface area (Å²) in [5.41, 5.74) is 5.62. The van der Waals surface area contributed by atoms with Gasteiger partial charge in [-0.05, 0) is 6.07 Å². The molecule has 94 valence electrons. The number of nitrogens with zero attached hydrogens (tertiary/aromatic N) is 3. The van der Waals surface area contributed by atoms with Crippen LogP contribution in [0.25, 0.3) is 11.4 Å². The highest BCUT2D eigenvalue weighted by Gasteiger charge is 2.21. The molecule has 0 bridgehead atoms. The van der Waals surface area contributed by atoms with Crippen molar-refractivity contribution in [1.29, 1.82) is 0 Å². The zero-order chi connectivity index (χ0) is 13.1. The van der Waals surface area contributed by atoms with E-state index in [-0.39, 0.29) is 29.6 Å². The number of aliphatic hydroxyl groups is 1. The topological polar surface area (TPSA) is 128 Å². The number of aliphatic hydroxyl groups excluding tert-OH is 1. The van der Waals surface area contributed by atoms with Crippen molar-refractivity contribution in [2.24, 2.45) is 5.73 Å². The number of hydrogen-bond donors (Lipinski definition) is 2. The summed E-state index contributed by atoms with van der Waals surface area (Å²) in [6.07, 6.45) is 0. The highest BCUT2D eigenvalue weighted by molar-refractivity contribution is 5.67. The van der Waals surface area contributed by atoms with Gasteiger partial charge in [-0.15, -0.1) is 0 Å². The number of para-hydroxylation sites is 1. The SMILES string of the molecule is NC(CO)c1nc(-c2ccccc2[N+](=O)[O-])no1. The van der Waals surface area contributed by atoms with E-state index < -0.39 is 11.0 Å². The Morgan fingerprint density at radius 1 is 1.50 bits per heavy atom. The van der Waals surface area contributed by atoms with E-state index in [1.54, 1.807) is 12.1 Å². The molecule has 1 atom stereocenters. The molecule has 2 rings (SSSR count). The molecular weight excluding hydrogens is 240 g/mol. The van der Waals surface area contributed by atoms with Crippen molar-refractivity contribution < 1.29 is 14.6 Å². The Labute approximate surface area is 101 Å². The lowest BCUT2D eigenvalue weighted by molar-refractivity contribution is -0.384.